The number of nitrogens with one attached hydrogen (secondary N) is 2. The van der Waals surface area contributed by atoms with Gasteiger partial charge in [-0.2, -0.15) is 0 Å². The molecule has 1 fully saturated rings. The van der Waals surface area contributed by atoms with Crippen molar-refractivity contribution < 1.29 is 23.5 Å². The molecule has 0 unspecified atom stereocenters. The first-order valence-corrected chi connectivity index (χ1v) is 9.84. The minimum atomic E-state index is -0.620. The van der Waals surface area contributed by atoms with E-state index in [1.54, 1.807) is 24.3 Å². The number of anilines is 1. The number of esters is 1. The van der Waals surface area contributed by atoms with Gasteiger partial charge in [-0.15, -0.1) is 0 Å². The number of amides is 2. The van der Waals surface area contributed by atoms with Crippen LogP contribution in [0.4, 0.5) is 5.69 Å². The van der Waals surface area contributed by atoms with Crippen molar-refractivity contribution in [2.24, 2.45) is 5.92 Å². The first-order chi connectivity index (χ1) is 13.9. The molecule has 0 aliphatic heterocycles. The van der Waals surface area contributed by atoms with E-state index in [0.717, 1.165) is 31.2 Å². The number of hydrogen-bond donors (Lipinski definition) is 2. The van der Waals surface area contributed by atoms with E-state index in [4.69, 9.17) is 9.15 Å². The maximum Gasteiger partial charge on any atom is 0.338 e. The van der Waals surface area contributed by atoms with Crippen LogP contribution in [0.25, 0.3) is 0 Å². The van der Waals surface area contributed by atoms with E-state index in [1.165, 1.54) is 12.3 Å². The summed E-state index contributed by atoms with van der Waals surface area (Å²) in [5.41, 5.74) is 1.51. The molecule has 1 saturated carbocycles. The van der Waals surface area contributed by atoms with E-state index in [2.05, 4.69) is 17.6 Å². The number of ether oxygens (including phenoxy) is 1. The zero-order chi connectivity index (χ0) is 20.8. The molecule has 0 radical (unpaired) electrons. The summed E-state index contributed by atoms with van der Waals surface area (Å²) < 4.78 is 10.2. The van der Waals surface area contributed by atoms with Gasteiger partial charge >= 0.3 is 5.97 Å². The summed E-state index contributed by atoms with van der Waals surface area (Å²) in [5.74, 6) is -0.455. The molecule has 1 aliphatic rings. The van der Waals surface area contributed by atoms with E-state index < -0.39 is 11.9 Å². The molecular formula is C22H26N2O5. The Bertz CT molecular complexity index is 867. The van der Waals surface area contributed by atoms with Crippen LogP contribution in [0.1, 0.15) is 59.1 Å². The van der Waals surface area contributed by atoms with E-state index in [0.29, 0.717) is 11.6 Å². The highest BCUT2D eigenvalue weighted by atomic mass is 16.5. The summed E-state index contributed by atoms with van der Waals surface area (Å²) in [7, 11) is 0. The number of hydrogen-bond acceptors (Lipinski definition) is 5. The van der Waals surface area contributed by atoms with E-state index in [-0.39, 0.29) is 29.9 Å². The Morgan fingerprint density at radius 3 is 2.59 bits per heavy atom. The average molecular weight is 398 g/mol. The maximum absolute atomic E-state index is 12.3. The van der Waals surface area contributed by atoms with Crippen LogP contribution in [0.2, 0.25) is 0 Å². The van der Waals surface area contributed by atoms with Crippen molar-refractivity contribution in [2.75, 3.05) is 11.9 Å². The molecule has 1 aromatic carbocycles. The normalized spacial score (nSPS) is 18.7. The highest BCUT2D eigenvalue weighted by molar-refractivity contribution is 6.03. The largest absolute Gasteiger partial charge is 0.459 e. The standard InChI is InChI=1S/C22H26N2O5/c1-14-5-9-17(10-6-14)23-20(25)13-29-22(27)16-8-7-15(2)18(12-16)24-21(26)19-4-3-11-28-19/h3-4,7-8,11-12,14,17H,5-6,9-10,13H2,1-2H3,(H,23,25)(H,24,26). The first kappa shape index (κ1) is 20.6. The molecule has 0 spiro atoms. The predicted octanol–water partition coefficient (Wildman–Crippen LogP) is 3.69. The minimum Gasteiger partial charge on any atom is -0.459 e. The van der Waals surface area contributed by atoms with Gasteiger partial charge in [-0.3, -0.25) is 9.59 Å². The lowest BCUT2D eigenvalue weighted by molar-refractivity contribution is -0.125. The Morgan fingerprint density at radius 2 is 1.90 bits per heavy atom. The lowest BCUT2D eigenvalue weighted by Gasteiger charge is -2.26. The Kier molecular flexibility index (Phi) is 6.69. The topological polar surface area (TPSA) is 97.6 Å². The summed E-state index contributed by atoms with van der Waals surface area (Å²) in [6, 6.07) is 8.15. The Labute approximate surface area is 169 Å². The summed E-state index contributed by atoms with van der Waals surface area (Å²) in [4.78, 5) is 36.6. The molecule has 0 atom stereocenters. The van der Waals surface area contributed by atoms with E-state index >= 15 is 0 Å². The van der Waals surface area contributed by atoms with Gasteiger partial charge in [0.2, 0.25) is 0 Å². The fourth-order valence-electron chi connectivity index (χ4n) is 3.36. The zero-order valence-corrected chi connectivity index (χ0v) is 16.7. The molecule has 1 aromatic heterocycles. The van der Waals surface area contributed by atoms with Crippen molar-refractivity contribution >= 4 is 23.5 Å². The van der Waals surface area contributed by atoms with Crippen molar-refractivity contribution in [3.05, 3.63) is 53.5 Å². The lowest BCUT2D eigenvalue weighted by atomic mass is 9.87. The van der Waals surface area contributed by atoms with Crippen molar-refractivity contribution in [1.82, 2.24) is 5.32 Å². The van der Waals surface area contributed by atoms with Gasteiger partial charge in [0.25, 0.3) is 11.8 Å². The molecule has 2 aromatic rings. The summed E-state index contributed by atoms with van der Waals surface area (Å²) >= 11 is 0. The van der Waals surface area contributed by atoms with Crippen LogP contribution in [0, 0.1) is 12.8 Å². The van der Waals surface area contributed by atoms with Gasteiger partial charge in [0.15, 0.2) is 12.4 Å². The van der Waals surface area contributed by atoms with Crippen LogP contribution >= 0.6 is 0 Å². The molecule has 7 nitrogen and oxygen atoms in total. The SMILES string of the molecule is Cc1ccc(C(=O)OCC(=O)NC2CCC(C)CC2)cc1NC(=O)c1ccco1. The molecule has 1 heterocycles. The number of aryl methyl sites for hydroxylation is 1. The van der Waals surface area contributed by atoms with Crippen LogP contribution in [0.5, 0.6) is 0 Å². The quantitative estimate of drug-likeness (QED) is 0.723. The molecular weight excluding hydrogens is 372 g/mol. The number of carbonyl (C=O) groups is 3. The van der Waals surface area contributed by atoms with Gasteiger partial charge in [0, 0.05) is 11.7 Å². The molecule has 1 aliphatic carbocycles. The second kappa shape index (κ2) is 9.41. The van der Waals surface area contributed by atoms with Crippen LogP contribution in [-0.2, 0) is 9.53 Å². The fourth-order valence-corrected chi connectivity index (χ4v) is 3.36. The van der Waals surface area contributed by atoms with Crippen LogP contribution in [0.3, 0.4) is 0 Å². The van der Waals surface area contributed by atoms with Crippen molar-refractivity contribution in [3.63, 3.8) is 0 Å². The second-order valence-electron chi connectivity index (χ2n) is 7.56. The third-order valence-electron chi connectivity index (χ3n) is 5.18. The maximum atomic E-state index is 12.3. The lowest BCUT2D eigenvalue weighted by Crippen LogP contribution is -2.39. The van der Waals surface area contributed by atoms with Crippen LogP contribution < -0.4 is 10.6 Å². The number of rotatable bonds is 6. The van der Waals surface area contributed by atoms with Crippen molar-refractivity contribution in [3.8, 4) is 0 Å². The third-order valence-corrected chi connectivity index (χ3v) is 5.18. The van der Waals surface area contributed by atoms with Gasteiger partial charge in [-0.1, -0.05) is 13.0 Å². The van der Waals surface area contributed by atoms with Crippen LogP contribution in [0.15, 0.2) is 41.0 Å². The molecule has 2 amide bonds. The molecule has 0 saturated heterocycles. The highest BCUT2D eigenvalue weighted by Crippen LogP contribution is 2.23. The molecule has 3 rings (SSSR count). The smallest absolute Gasteiger partial charge is 0.338 e. The van der Waals surface area contributed by atoms with Crippen molar-refractivity contribution in [1.29, 1.82) is 0 Å². The summed E-state index contributed by atoms with van der Waals surface area (Å²) in [6.07, 6.45) is 5.52. The summed E-state index contributed by atoms with van der Waals surface area (Å²) in [6.45, 7) is 3.70. The fraction of sp³-hybridized carbons (Fsp3) is 0.409. The number of benzene rings is 1. The van der Waals surface area contributed by atoms with Gasteiger partial charge in [-0.25, -0.2) is 4.79 Å². The molecule has 2 N–H and O–H groups in total. The molecule has 7 heteroatoms. The summed E-state index contributed by atoms with van der Waals surface area (Å²) in [5, 5.41) is 5.64. The molecule has 29 heavy (non-hydrogen) atoms. The van der Waals surface area contributed by atoms with Crippen molar-refractivity contribution in [2.45, 2.75) is 45.6 Å². The number of furan rings is 1. The van der Waals surface area contributed by atoms with Gasteiger partial charge in [0.1, 0.15) is 0 Å². The first-order valence-electron chi connectivity index (χ1n) is 9.84. The molecule has 0 bridgehead atoms. The molecule has 154 valence electrons. The van der Waals surface area contributed by atoms with E-state index in [1.807, 2.05) is 6.92 Å². The minimum absolute atomic E-state index is 0.153. The second-order valence-corrected chi connectivity index (χ2v) is 7.56. The Morgan fingerprint density at radius 1 is 1.14 bits per heavy atom. The third kappa shape index (κ3) is 5.70. The number of carbonyl (C=O) groups excluding carboxylic acids is 3. The monoisotopic (exact) mass is 398 g/mol. The van der Waals surface area contributed by atoms with Gasteiger partial charge < -0.3 is 19.8 Å². The van der Waals surface area contributed by atoms with Gasteiger partial charge in [0.05, 0.1) is 11.8 Å². The van der Waals surface area contributed by atoms with Crippen LogP contribution in [-0.4, -0.2) is 30.4 Å². The highest BCUT2D eigenvalue weighted by Gasteiger charge is 2.20. The Balaban J connectivity index is 1.53. The zero-order valence-electron chi connectivity index (χ0n) is 16.7. The average Bonchev–Trinajstić information content (AvgIpc) is 3.24. The Hall–Kier alpha value is -3.09. The predicted molar refractivity (Wildman–Crippen MR) is 108 cm³/mol. The van der Waals surface area contributed by atoms with Gasteiger partial charge in [-0.05, 0) is 68.4 Å². The van der Waals surface area contributed by atoms with E-state index in [9.17, 15) is 14.4 Å².